The first-order valence-electron chi connectivity index (χ1n) is 5.96. The number of non-ortho nitro benzene ring substituents is 1. The maximum absolute atomic E-state index is 10.6. The van der Waals surface area contributed by atoms with Crippen molar-refractivity contribution in [3.8, 4) is 0 Å². The Morgan fingerprint density at radius 1 is 1.50 bits per heavy atom. The van der Waals surface area contributed by atoms with Crippen molar-refractivity contribution in [3.05, 3.63) is 32.8 Å². The van der Waals surface area contributed by atoms with Crippen LogP contribution in [0.2, 0.25) is 0 Å². The van der Waals surface area contributed by atoms with Crippen molar-refractivity contribution < 1.29 is 9.66 Å². The molecule has 0 radical (unpaired) electrons. The third-order valence-electron chi connectivity index (χ3n) is 2.96. The van der Waals surface area contributed by atoms with Crippen LogP contribution in [-0.2, 0) is 4.74 Å². The third-order valence-corrected chi connectivity index (χ3v) is 3.61. The summed E-state index contributed by atoms with van der Waals surface area (Å²) in [4.78, 5) is 10.2. The number of rotatable bonds is 4. The zero-order chi connectivity index (χ0) is 13.0. The summed E-state index contributed by atoms with van der Waals surface area (Å²) < 4.78 is 6.32. The summed E-state index contributed by atoms with van der Waals surface area (Å²) in [6.07, 6.45) is 3.64. The second-order valence-corrected chi connectivity index (χ2v) is 5.15. The third kappa shape index (κ3) is 3.43. The number of hydrogen-bond donors (Lipinski definition) is 1. The molecule has 0 spiro atoms. The number of nitrogens with zero attached hydrogens (tertiary/aromatic N) is 1. The zero-order valence-electron chi connectivity index (χ0n) is 9.89. The predicted octanol–water partition coefficient (Wildman–Crippen LogP) is 3.34. The number of nitro groups is 1. The molecule has 1 fully saturated rings. The van der Waals surface area contributed by atoms with Gasteiger partial charge in [-0.2, -0.15) is 0 Å². The second-order valence-electron chi connectivity index (χ2n) is 4.29. The Morgan fingerprint density at radius 2 is 2.33 bits per heavy atom. The topological polar surface area (TPSA) is 64.4 Å². The minimum atomic E-state index is -0.404. The van der Waals surface area contributed by atoms with Gasteiger partial charge >= 0.3 is 0 Å². The second kappa shape index (κ2) is 6.15. The first-order chi connectivity index (χ1) is 8.66. The molecule has 18 heavy (non-hydrogen) atoms. The number of halogens is 1. The molecule has 0 amide bonds. The lowest BCUT2D eigenvalue weighted by Crippen LogP contribution is -2.27. The van der Waals surface area contributed by atoms with Crippen molar-refractivity contribution in [2.75, 3.05) is 18.5 Å². The molecule has 1 atom stereocenters. The predicted molar refractivity (Wildman–Crippen MR) is 72.9 cm³/mol. The van der Waals surface area contributed by atoms with Gasteiger partial charge in [0.25, 0.3) is 5.69 Å². The van der Waals surface area contributed by atoms with Gasteiger partial charge in [-0.25, -0.2) is 0 Å². The van der Waals surface area contributed by atoms with Gasteiger partial charge in [0.05, 0.1) is 11.0 Å². The first kappa shape index (κ1) is 13.3. The molecule has 0 aliphatic carbocycles. The van der Waals surface area contributed by atoms with Crippen molar-refractivity contribution in [2.24, 2.45) is 0 Å². The standard InChI is InChI=1S/C12H15BrN2O3/c13-11-7-9(15(16)17)4-5-12(11)14-8-10-3-1-2-6-18-10/h4-5,7,10,14H,1-3,6,8H2. The van der Waals surface area contributed by atoms with Crippen LogP contribution in [-0.4, -0.2) is 24.2 Å². The van der Waals surface area contributed by atoms with Gasteiger partial charge in [-0.1, -0.05) is 0 Å². The van der Waals surface area contributed by atoms with Crippen LogP contribution in [0.15, 0.2) is 22.7 Å². The summed E-state index contributed by atoms with van der Waals surface area (Å²) in [5, 5.41) is 13.9. The van der Waals surface area contributed by atoms with E-state index in [9.17, 15) is 10.1 Å². The molecule has 1 aliphatic rings. The van der Waals surface area contributed by atoms with Crippen molar-refractivity contribution in [1.82, 2.24) is 0 Å². The summed E-state index contributed by atoms with van der Waals surface area (Å²) in [6, 6.07) is 4.71. The molecule has 1 saturated heterocycles. The molecule has 0 saturated carbocycles. The fraction of sp³-hybridized carbons (Fsp3) is 0.500. The smallest absolute Gasteiger partial charge is 0.270 e. The Morgan fingerprint density at radius 3 is 2.94 bits per heavy atom. The van der Waals surface area contributed by atoms with E-state index in [1.807, 2.05) is 0 Å². The van der Waals surface area contributed by atoms with Crippen molar-refractivity contribution >= 4 is 27.3 Å². The first-order valence-corrected chi connectivity index (χ1v) is 6.75. The SMILES string of the molecule is O=[N+]([O-])c1ccc(NCC2CCCCO2)c(Br)c1. The zero-order valence-corrected chi connectivity index (χ0v) is 11.5. The Hall–Kier alpha value is -1.14. The lowest BCUT2D eigenvalue weighted by molar-refractivity contribution is -0.384. The van der Waals surface area contributed by atoms with Crippen LogP contribution in [0.4, 0.5) is 11.4 Å². The highest BCUT2D eigenvalue weighted by atomic mass is 79.9. The van der Waals surface area contributed by atoms with Gasteiger partial charge in [-0.15, -0.1) is 0 Å². The lowest BCUT2D eigenvalue weighted by atomic mass is 10.1. The average molecular weight is 315 g/mol. The maximum Gasteiger partial charge on any atom is 0.270 e. The van der Waals surface area contributed by atoms with Gasteiger partial charge < -0.3 is 10.1 Å². The van der Waals surface area contributed by atoms with Crippen molar-refractivity contribution in [1.29, 1.82) is 0 Å². The molecular weight excluding hydrogens is 300 g/mol. The minimum absolute atomic E-state index is 0.0846. The Labute approximate surface area is 114 Å². The van der Waals surface area contributed by atoms with Crippen LogP contribution in [0.1, 0.15) is 19.3 Å². The van der Waals surface area contributed by atoms with Crippen LogP contribution in [0.3, 0.4) is 0 Å². The molecular formula is C12H15BrN2O3. The van der Waals surface area contributed by atoms with Crippen molar-refractivity contribution in [2.45, 2.75) is 25.4 Å². The monoisotopic (exact) mass is 314 g/mol. The van der Waals surface area contributed by atoms with Gasteiger partial charge in [0.1, 0.15) is 0 Å². The van der Waals surface area contributed by atoms with E-state index in [1.54, 1.807) is 6.07 Å². The molecule has 6 heteroatoms. The van der Waals surface area contributed by atoms with Crippen LogP contribution in [0.25, 0.3) is 0 Å². The van der Waals surface area contributed by atoms with Crippen LogP contribution in [0.5, 0.6) is 0 Å². The Kier molecular flexibility index (Phi) is 4.54. The van der Waals surface area contributed by atoms with E-state index in [1.165, 1.54) is 18.6 Å². The number of nitro benzene ring substituents is 1. The van der Waals surface area contributed by atoms with Gasteiger partial charge in [0.2, 0.25) is 0 Å². The quantitative estimate of drug-likeness (QED) is 0.684. The number of ether oxygens (including phenoxy) is 1. The molecule has 5 nitrogen and oxygen atoms in total. The lowest BCUT2D eigenvalue weighted by Gasteiger charge is -2.23. The highest BCUT2D eigenvalue weighted by Crippen LogP contribution is 2.27. The summed E-state index contributed by atoms with van der Waals surface area (Å²) in [6.45, 7) is 1.56. The van der Waals surface area contributed by atoms with E-state index < -0.39 is 4.92 Å². The molecule has 1 unspecified atom stereocenters. The van der Waals surface area contributed by atoms with E-state index in [-0.39, 0.29) is 11.8 Å². The Balaban J connectivity index is 1.94. The number of nitrogens with one attached hydrogen (secondary N) is 1. The van der Waals surface area contributed by atoms with Crippen molar-refractivity contribution in [3.63, 3.8) is 0 Å². The molecule has 1 aliphatic heterocycles. The fourth-order valence-corrected chi connectivity index (χ4v) is 2.46. The van der Waals surface area contributed by atoms with E-state index in [4.69, 9.17) is 4.74 Å². The van der Waals surface area contributed by atoms with Gasteiger partial charge in [0.15, 0.2) is 0 Å². The van der Waals surface area contributed by atoms with Crippen LogP contribution < -0.4 is 5.32 Å². The fourth-order valence-electron chi connectivity index (χ4n) is 1.95. The normalized spacial score (nSPS) is 19.5. The molecule has 98 valence electrons. The molecule has 0 aromatic heterocycles. The number of anilines is 1. The summed E-state index contributed by atoms with van der Waals surface area (Å²) in [5.74, 6) is 0. The average Bonchev–Trinajstić information content (AvgIpc) is 2.38. The highest BCUT2D eigenvalue weighted by molar-refractivity contribution is 9.10. The Bertz CT molecular complexity index is 433. The maximum atomic E-state index is 10.6. The molecule has 0 bridgehead atoms. The van der Waals surface area contributed by atoms with Crippen LogP contribution >= 0.6 is 15.9 Å². The van der Waals surface area contributed by atoms with Crippen LogP contribution in [0, 0.1) is 10.1 Å². The van der Waals surface area contributed by atoms with E-state index >= 15 is 0 Å². The van der Waals surface area contributed by atoms with Gasteiger partial charge in [0, 0.05) is 35.4 Å². The largest absolute Gasteiger partial charge is 0.382 e. The molecule has 1 aromatic carbocycles. The van der Waals surface area contributed by atoms with Gasteiger partial charge in [-0.05, 0) is 41.3 Å². The molecule has 2 rings (SSSR count). The molecule has 1 heterocycles. The van der Waals surface area contributed by atoms with Gasteiger partial charge in [-0.3, -0.25) is 10.1 Å². The summed E-state index contributed by atoms with van der Waals surface area (Å²) >= 11 is 3.33. The van der Waals surface area contributed by atoms with E-state index in [2.05, 4.69) is 21.2 Å². The summed E-state index contributed by atoms with van der Waals surface area (Å²) in [7, 11) is 0. The van der Waals surface area contributed by atoms with E-state index in [0.29, 0.717) is 4.47 Å². The molecule has 1 aromatic rings. The highest BCUT2D eigenvalue weighted by Gasteiger charge is 2.14. The van der Waals surface area contributed by atoms with E-state index in [0.717, 1.165) is 31.7 Å². The number of hydrogen-bond acceptors (Lipinski definition) is 4. The molecule has 1 N–H and O–H groups in total. The number of benzene rings is 1. The minimum Gasteiger partial charge on any atom is -0.382 e. The summed E-state index contributed by atoms with van der Waals surface area (Å²) in [5.41, 5.74) is 0.941.